The summed E-state index contributed by atoms with van der Waals surface area (Å²) in [4.78, 5) is 18.8. The van der Waals surface area contributed by atoms with Gasteiger partial charge in [-0.25, -0.2) is 4.98 Å². The lowest BCUT2D eigenvalue weighted by atomic mass is 10.2. The molecule has 1 saturated heterocycles. The number of thiazole rings is 1. The van der Waals surface area contributed by atoms with Crippen molar-refractivity contribution in [3.05, 3.63) is 34.1 Å². The number of hydrogen-bond acceptors (Lipinski definition) is 5. The van der Waals surface area contributed by atoms with Crippen LogP contribution < -0.4 is 4.90 Å². The molecule has 1 amide bonds. The summed E-state index contributed by atoms with van der Waals surface area (Å²) in [7, 11) is 1.53. The molecule has 0 spiro atoms. The van der Waals surface area contributed by atoms with E-state index in [0.29, 0.717) is 11.7 Å². The van der Waals surface area contributed by atoms with Gasteiger partial charge in [0.05, 0.1) is 18.3 Å². The SMILES string of the molecule is COCC(=O)N(C[C@@H]1CCCO1)c1nc(-c2ccc(Br)cc2)cs1. The highest BCUT2D eigenvalue weighted by Gasteiger charge is 2.25. The minimum Gasteiger partial charge on any atom is -0.376 e. The van der Waals surface area contributed by atoms with Crippen molar-refractivity contribution in [3.63, 3.8) is 0 Å². The van der Waals surface area contributed by atoms with Crippen LogP contribution >= 0.6 is 27.3 Å². The molecular weight excluding hydrogens is 392 g/mol. The third-order valence-corrected chi connectivity index (χ3v) is 5.23. The van der Waals surface area contributed by atoms with Gasteiger partial charge >= 0.3 is 0 Å². The summed E-state index contributed by atoms with van der Waals surface area (Å²) < 4.78 is 11.7. The molecule has 1 atom stereocenters. The molecule has 0 radical (unpaired) electrons. The standard InChI is InChI=1S/C17H19BrN2O3S/c1-22-10-16(21)20(9-14-3-2-8-23-14)17-19-15(11-24-17)12-4-6-13(18)7-5-12/h4-7,11,14H,2-3,8-10H2,1H3/t14-/m0/s1. The maximum Gasteiger partial charge on any atom is 0.254 e. The fourth-order valence-electron chi connectivity index (χ4n) is 2.62. The van der Waals surface area contributed by atoms with E-state index in [2.05, 4.69) is 20.9 Å². The number of rotatable bonds is 6. The van der Waals surface area contributed by atoms with Crippen LogP contribution in [0, 0.1) is 0 Å². The van der Waals surface area contributed by atoms with Crippen LogP contribution in [-0.4, -0.2) is 43.9 Å². The van der Waals surface area contributed by atoms with Crippen molar-refractivity contribution < 1.29 is 14.3 Å². The number of benzene rings is 1. The predicted molar refractivity (Wildman–Crippen MR) is 98.5 cm³/mol. The fourth-order valence-corrected chi connectivity index (χ4v) is 3.75. The molecule has 0 aliphatic carbocycles. The smallest absolute Gasteiger partial charge is 0.254 e. The van der Waals surface area contributed by atoms with E-state index in [0.717, 1.165) is 35.2 Å². The minimum absolute atomic E-state index is 0.0416. The molecule has 0 N–H and O–H groups in total. The van der Waals surface area contributed by atoms with Crippen LogP contribution in [0.1, 0.15) is 12.8 Å². The van der Waals surface area contributed by atoms with E-state index in [1.54, 1.807) is 4.90 Å². The van der Waals surface area contributed by atoms with E-state index in [-0.39, 0.29) is 18.6 Å². The summed E-state index contributed by atoms with van der Waals surface area (Å²) >= 11 is 4.90. The number of anilines is 1. The Labute approximate surface area is 153 Å². The quantitative estimate of drug-likeness (QED) is 0.727. The number of halogens is 1. The molecule has 5 nitrogen and oxygen atoms in total. The Morgan fingerprint density at radius 2 is 2.25 bits per heavy atom. The summed E-state index contributed by atoms with van der Waals surface area (Å²) in [6, 6.07) is 7.97. The van der Waals surface area contributed by atoms with Crippen LogP contribution in [0.3, 0.4) is 0 Å². The van der Waals surface area contributed by atoms with Gasteiger partial charge in [-0.05, 0) is 25.0 Å². The van der Waals surface area contributed by atoms with Crippen molar-refractivity contribution in [1.29, 1.82) is 0 Å². The van der Waals surface area contributed by atoms with Gasteiger partial charge in [0.2, 0.25) is 0 Å². The molecule has 128 valence electrons. The maximum atomic E-state index is 12.4. The van der Waals surface area contributed by atoms with Crippen molar-refractivity contribution >= 4 is 38.3 Å². The molecular formula is C17H19BrN2O3S. The highest BCUT2D eigenvalue weighted by molar-refractivity contribution is 9.10. The Balaban J connectivity index is 1.81. The highest BCUT2D eigenvalue weighted by Crippen LogP contribution is 2.29. The first-order valence-corrected chi connectivity index (χ1v) is 9.47. The largest absolute Gasteiger partial charge is 0.376 e. The van der Waals surface area contributed by atoms with Crippen molar-refractivity contribution in [2.75, 3.05) is 31.8 Å². The van der Waals surface area contributed by atoms with E-state index in [9.17, 15) is 4.79 Å². The average molecular weight is 411 g/mol. The van der Waals surface area contributed by atoms with Gasteiger partial charge in [-0.3, -0.25) is 9.69 Å². The highest BCUT2D eigenvalue weighted by atomic mass is 79.9. The van der Waals surface area contributed by atoms with Gasteiger partial charge in [0.15, 0.2) is 5.13 Å². The van der Waals surface area contributed by atoms with Gasteiger partial charge in [-0.1, -0.05) is 28.1 Å². The summed E-state index contributed by atoms with van der Waals surface area (Å²) in [6.45, 7) is 1.33. The fraction of sp³-hybridized carbons (Fsp3) is 0.412. The van der Waals surface area contributed by atoms with Gasteiger partial charge in [-0.15, -0.1) is 11.3 Å². The van der Waals surface area contributed by atoms with Crippen LogP contribution in [0.4, 0.5) is 5.13 Å². The zero-order valence-electron chi connectivity index (χ0n) is 13.4. The van der Waals surface area contributed by atoms with Crippen LogP contribution in [0.5, 0.6) is 0 Å². The summed E-state index contributed by atoms with van der Waals surface area (Å²) in [5.41, 5.74) is 1.89. The van der Waals surface area contributed by atoms with E-state index in [4.69, 9.17) is 9.47 Å². The van der Waals surface area contributed by atoms with Crippen LogP contribution in [-0.2, 0) is 14.3 Å². The van der Waals surface area contributed by atoms with Crippen LogP contribution in [0.25, 0.3) is 11.3 Å². The zero-order chi connectivity index (χ0) is 16.9. The Hall–Kier alpha value is -1.28. The lowest BCUT2D eigenvalue weighted by molar-refractivity contribution is -0.122. The Bertz CT molecular complexity index is 683. The molecule has 0 unspecified atom stereocenters. The van der Waals surface area contributed by atoms with Crippen molar-refractivity contribution in [1.82, 2.24) is 4.98 Å². The molecule has 1 fully saturated rings. The second-order valence-corrected chi connectivity index (χ2v) is 7.35. The molecule has 1 aromatic heterocycles. The van der Waals surface area contributed by atoms with Gasteiger partial charge in [0.25, 0.3) is 5.91 Å². The Morgan fingerprint density at radius 1 is 1.46 bits per heavy atom. The summed E-state index contributed by atoms with van der Waals surface area (Å²) in [6.07, 6.45) is 2.09. The van der Waals surface area contributed by atoms with Crippen molar-refractivity contribution in [3.8, 4) is 11.3 Å². The second kappa shape index (κ2) is 8.20. The number of ether oxygens (including phenoxy) is 2. The number of carbonyl (C=O) groups is 1. The van der Waals surface area contributed by atoms with Gasteiger partial charge < -0.3 is 9.47 Å². The molecule has 2 heterocycles. The number of aromatic nitrogens is 1. The van der Waals surface area contributed by atoms with Crippen molar-refractivity contribution in [2.24, 2.45) is 0 Å². The third kappa shape index (κ3) is 4.22. The maximum absolute atomic E-state index is 12.4. The van der Waals surface area contributed by atoms with Crippen LogP contribution in [0.2, 0.25) is 0 Å². The molecule has 1 aromatic carbocycles. The Kier molecular flexibility index (Phi) is 5.99. The monoisotopic (exact) mass is 410 g/mol. The normalized spacial score (nSPS) is 17.2. The number of amides is 1. The molecule has 24 heavy (non-hydrogen) atoms. The summed E-state index contributed by atoms with van der Waals surface area (Å²) in [5, 5.41) is 2.66. The first kappa shape index (κ1) is 17.5. The Morgan fingerprint density at radius 3 is 2.92 bits per heavy atom. The molecule has 7 heteroatoms. The predicted octanol–water partition coefficient (Wildman–Crippen LogP) is 3.73. The summed E-state index contributed by atoms with van der Waals surface area (Å²) in [5.74, 6) is -0.0929. The lowest BCUT2D eigenvalue weighted by Crippen LogP contribution is -2.39. The third-order valence-electron chi connectivity index (χ3n) is 3.84. The zero-order valence-corrected chi connectivity index (χ0v) is 15.8. The number of nitrogens with zero attached hydrogens (tertiary/aromatic N) is 2. The number of hydrogen-bond donors (Lipinski definition) is 0. The van der Waals surface area contributed by atoms with Gasteiger partial charge in [0.1, 0.15) is 6.61 Å². The molecule has 0 saturated carbocycles. The van der Waals surface area contributed by atoms with Gasteiger partial charge in [-0.2, -0.15) is 0 Å². The van der Waals surface area contributed by atoms with E-state index >= 15 is 0 Å². The average Bonchev–Trinajstić information content (AvgIpc) is 3.25. The van der Waals surface area contributed by atoms with Crippen LogP contribution in [0.15, 0.2) is 34.1 Å². The molecule has 3 rings (SSSR count). The first-order valence-electron chi connectivity index (χ1n) is 7.79. The molecule has 2 aromatic rings. The number of carbonyl (C=O) groups excluding carboxylic acids is 1. The first-order chi connectivity index (χ1) is 11.7. The van der Waals surface area contributed by atoms with Crippen molar-refractivity contribution in [2.45, 2.75) is 18.9 Å². The molecule has 1 aliphatic heterocycles. The second-order valence-electron chi connectivity index (χ2n) is 5.59. The lowest BCUT2D eigenvalue weighted by Gasteiger charge is -2.22. The van der Waals surface area contributed by atoms with E-state index in [1.807, 2.05) is 29.6 Å². The minimum atomic E-state index is -0.0929. The van der Waals surface area contributed by atoms with Gasteiger partial charge in [0, 0.05) is 29.1 Å². The number of methoxy groups -OCH3 is 1. The van der Waals surface area contributed by atoms with E-state index in [1.165, 1.54) is 18.4 Å². The van der Waals surface area contributed by atoms with E-state index < -0.39 is 0 Å². The molecule has 0 bridgehead atoms. The topological polar surface area (TPSA) is 51.7 Å². The molecule has 1 aliphatic rings.